The van der Waals surface area contributed by atoms with Crippen molar-refractivity contribution in [3.63, 3.8) is 0 Å². The number of rotatable bonds is 7. The minimum Gasteiger partial charge on any atom is -0.0771 e. The van der Waals surface area contributed by atoms with Gasteiger partial charge >= 0.3 is 0 Å². The highest BCUT2D eigenvalue weighted by Gasteiger charge is 2.72. The fourth-order valence-electron chi connectivity index (χ4n) is 9.42. The van der Waals surface area contributed by atoms with Crippen LogP contribution in [0.5, 0.6) is 0 Å². The third kappa shape index (κ3) is 3.69. The highest BCUT2D eigenvalue weighted by Crippen LogP contribution is 2.76. The molecule has 0 spiro atoms. The maximum atomic E-state index is 3.08. The molecule has 4 aliphatic rings. The van der Waals surface area contributed by atoms with Gasteiger partial charge in [0.15, 0.2) is 0 Å². The summed E-state index contributed by atoms with van der Waals surface area (Å²) in [4.78, 5) is 0. The number of halogens is 2. The molecule has 0 aromatic heterocycles. The number of fused-ring (bicyclic) bond motifs is 5. The van der Waals surface area contributed by atoms with Gasteiger partial charge in [0, 0.05) is 6.84 Å². The molecule has 0 heterocycles. The van der Waals surface area contributed by atoms with Gasteiger partial charge in [-0.05, 0) is 85.9 Å². The van der Waals surface area contributed by atoms with E-state index in [1.54, 1.807) is 0 Å². The smallest absolute Gasteiger partial charge is 0.0427 e. The lowest BCUT2D eigenvalue weighted by molar-refractivity contribution is -0.0749. The predicted octanol–water partition coefficient (Wildman–Crippen LogP) is 10.1. The van der Waals surface area contributed by atoms with E-state index in [2.05, 4.69) is 72.9 Å². The van der Waals surface area contributed by atoms with Crippen molar-refractivity contribution in [2.75, 3.05) is 0 Å². The first kappa shape index (κ1) is 24.6. The molecule has 4 saturated carbocycles. The van der Waals surface area contributed by atoms with Gasteiger partial charge in [0.25, 0.3) is 0 Å². The Morgan fingerprint density at radius 3 is 2.37 bits per heavy atom. The molecule has 0 aromatic rings. The number of alkyl halides is 2. The van der Waals surface area contributed by atoms with Crippen LogP contribution in [0.25, 0.3) is 0 Å². The molecule has 2 heteroatoms. The quantitative estimate of drug-likeness (QED) is 0.148. The van der Waals surface area contributed by atoms with Gasteiger partial charge in [-0.15, -0.1) is 0 Å². The molecule has 8 atom stereocenters. The van der Waals surface area contributed by atoms with Gasteiger partial charge in [0.05, 0.1) is 0 Å². The summed E-state index contributed by atoms with van der Waals surface area (Å²) in [5.74, 6) is 3.89. The summed E-state index contributed by atoms with van der Waals surface area (Å²) in [6, 6.07) is 0. The van der Waals surface area contributed by atoms with E-state index in [9.17, 15) is 0 Å². The largest absolute Gasteiger partial charge is 0.0771 e. The van der Waals surface area contributed by atoms with Gasteiger partial charge in [-0.2, -0.15) is 0 Å². The van der Waals surface area contributed by atoms with Crippen molar-refractivity contribution in [1.29, 1.82) is 0 Å². The molecule has 0 bridgehead atoms. The van der Waals surface area contributed by atoms with Gasteiger partial charge in [-0.3, -0.25) is 0 Å². The van der Waals surface area contributed by atoms with Gasteiger partial charge < -0.3 is 0 Å². The third-order valence-electron chi connectivity index (χ3n) is 11.2. The zero-order valence-electron chi connectivity index (χ0n) is 20.4. The van der Waals surface area contributed by atoms with Crippen molar-refractivity contribution < 1.29 is 0 Å². The summed E-state index contributed by atoms with van der Waals surface area (Å²) in [7, 11) is 0. The maximum Gasteiger partial charge on any atom is 0.0427 e. The Bertz CT molecular complexity index is 603. The Hall–Kier alpha value is 1.46. The molecule has 174 valence electrons. The van der Waals surface area contributed by atoms with Gasteiger partial charge in [0.2, 0.25) is 0 Å². The lowest BCUT2D eigenvalue weighted by Crippen LogP contribution is -2.67. The summed E-state index contributed by atoms with van der Waals surface area (Å²) in [5, 5.41) is 0. The van der Waals surface area contributed by atoms with Crippen LogP contribution in [-0.2, 0) is 0 Å². The van der Waals surface area contributed by atoms with E-state index < -0.39 is 0 Å². The van der Waals surface area contributed by atoms with Crippen molar-refractivity contribution in [2.45, 2.75) is 137 Å². The zero-order chi connectivity index (χ0) is 21.6. The molecule has 1 unspecified atom stereocenters. The van der Waals surface area contributed by atoms with Crippen LogP contribution in [0.2, 0.25) is 0 Å². The summed E-state index contributed by atoms with van der Waals surface area (Å²) in [5.41, 5.74) is 1.20. The zero-order valence-corrected chi connectivity index (χ0v) is 24.7. The number of hydrogen-bond acceptors (Lipinski definition) is 0. The fourth-order valence-corrected chi connectivity index (χ4v) is 13.3. The van der Waals surface area contributed by atoms with Crippen LogP contribution < -0.4 is 0 Å². The van der Waals surface area contributed by atoms with Crippen molar-refractivity contribution in [3.8, 4) is 0 Å². The van der Waals surface area contributed by atoms with Crippen LogP contribution in [0, 0.1) is 34.5 Å². The van der Waals surface area contributed by atoms with Crippen molar-refractivity contribution in [3.05, 3.63) is 0 Å². The highest BCUT2D eigenvalue weighted by molar-refractivity contribution is 14.1. The Labute approximate surface area is 215 Å². The van der Waals surface area contributed by atoms with E-state index in [-0.39, 0.29) is 0 Å². The molecule has 0 N–H and O–H groups in total. The van der Waals surface area contributed by atoms with Crippen LogP contribution in [0.15, 0.2) is 0 Å². The van der Waals surface area contributed by atoms with Crippen molar-refractivity contribution in [1.82, 2.24) is 0 Å². The van der Waals surface area contributed by atoms with E-state index in [0.29, 0.717) is 17.7 Å². The van der Waals surface area contributed by atoms with E-state index in [1.165, 1.54) is 103 Å². The van der Waals surface area contributed by atoms with Crippen LogP contribution in [0.4, 0.5) is 0 Å². The van der Waals surface area contributed by atoms with E-state index >= 15 is 0 Å². The second-order valence-corrected chi connectivity index (χ2v) is 16.3. The first-order valence-corrected chi connectivity index (χ1v) is 15.8. The Morgan fingerprint density at radius 1 is 0.833 bits per heavy atom. The monoisotopic (exact) mass is 638 g/mol. The molecule has 0 saturated heterocycles. The second-order valence-electron chi connectivity index (χ2n) is 12.5. The molecule has 4 aliphatic carbocycles. The second kappa shape index (κ2) is 9.25. The van der Waals surface area contributed by atoms with Gasteiger partial charge in [-0.1, -0.05) is 124 Å². The Kier molecular flexibility index (Phi) is 7.58. The Morgan fingerprint density at radius 2 is 1.60 bits per heavy atom. The summed E-state index contributed by atoms with van der Waals surface area (Å²) in [6.07, 6.45) is 23.8. The topological polar surface area (TPSA) is 0 Å². The van der Waals surface area contributed by atoms with Crippen molar-refractivity contribution in [2.24, 2.45) is 34.5 Å². The number of unbranched alkanes of at least 4 members (excludes halogenated alkanes) is 4. The van der Waals surface area contributed by atoms with Gasteiger partial charge in [0.1, 0.15) is 0 Å². The SMILES string of the molecule is CCCCCCC[C@@H](C)[C@H]1CC[C@]2(I)C1(C)CC[C@@H]1[C@@]3(C)CCCC[C@H]3CC[C@]12I. The predicted molar refractivity (Wildman–Crippen MR) is 149 cm³/mol. The lowest BCUT2D eigenvalue weighted by Gasteiger charge is -2.68. The van der Waals surface area contributed by atoms with Crippen LogP contribution in [0.3, 0.4) is 0 Å². The van der Waals surface area contributed by atoms with Crippen LogP contribution in [0.1, 0.15) is 130 Å². The highest BCUT2D eigenvalue weighted by atomic mass is 127. The average Bonchev–Trinajstić information content (AvgIpc) is 3.00. The van der Waals surface area contributed by atoms with E-state index in [0.717, 1.165) is 23.7 Å². The summed E-state index contributed by atoms with van der Waals surface area (Å²) < 4.78 is 1.06. The van der Waals surface area contributed by atoms with Crippen LogP contribution >= 0.6 is 45.2 Å². The molecular weight excluding hydrogens is 590 g/mol. The average molecular weight is 639 g/mol. The third-order valence-corrected chi connectivity index (χ3v) is 17.2. The minimum atomic E-state index is 0.522. The first-order chi connectivity index (χ1) is 14.2. The van der Waals surface area contributed by atoms with E-state index in [4.69, 9.17) is 0 Å². The molecule has 0 aliphatic heterocycles. The normalized spacial score (nSPS) is 49.2. The first-order valence-electron chi connectivity index (χ1n) is 13.6. The van der Waals surface area contributed by atoms with Crippen LogP contribution in [-0.4, -0.2) is 6.84 Å². The molecule has 4 rings (SSSR count). The molecule has 0 aromatic carbocycles. The maximum absolute atomic E-state index is 3.08. The molecular formula is C28H48I2. The molecule has 4 fully saturated rings. The van der Waals surface area contributed by atoms with Crippen molar-refractivity contribution >= 4 is 45.2 Å². The Balaban J connectivity index is 1.52. The standard InChI is InChI=1S/C28H48I2/c1-5-6-7-8-9-12-21(2)23-15-20-28(30)26(23,4)18-16-24-25(3)17-11-10-13-22(25)14-19-27(24,28)29/h21-24H,5-20H2,1-4H3/t21-,22+,23-,24-,25+,26?,27+,28+/m1/s1. The molecule has 30 heavy (non-hydrogen) atoms. The lowest BCUT2D eigenvalue weighted by atomic mass is 9.44. The molecule has 0 amide bonds. The van der Waals surface area contributed by atoms with Gasteiger partial charge in [-0.25, -0.2) is 0 Å². The summed E-state index contributed by atoms with van der Waals surface area (Å²) in [6.45, 7) is 10.5. The molecule has 0 nitrogen and oxygen atoms in total. The fraction of sp³-hybridized carbons (Fsp3) is 1.00. The summed E-state index contributed by atoms with van der Waals surface area (Å²) >= 11 is 6.16. The minimum absolute atomic E-state index is 0.522. The van der Waals surface area contributed by atoms with E-state index in [1.807, 2.05) is 0 Å². The number of hydrogen-bond donors (Lipinski definition) is 0. The molecule has 0 radical (unpaired) electrons.